The van der Waals surface area contributed by atoms with Gasteiger partial charge in [-0.05, 0) is 0 Å². The van der Waals surface area contributed by atoms with Crippen LogP contribution in [0.5, 0.6) is 0 Å². The summed E-state index contributed by atoms with van der Waals surface area (Å²) >= 11 is 0. The summed E-state index contributed by atoms with van der Waals surface area (Å²) in [6.45, 7) is -4.05. The highest BCUT2D eigenvalue weighted by atomic mass is 19.4. The van der Waals surface area contributed by atoms with Crippen molar-refractivity contribution in [2.75, 3.05) is 19.9 Å². The van der Waals surface area contributed by atoms with E-state index in [0.29, 0.717) is 0 Å². The van der Waals surface area contributed by atoms with Crippen molar-refractivity contribution in [1.29, 1.82) is 0 Å². The topological polar surface area (TPSA) is 35.5 Å². The molecule has 0 aromatic heterocycles. The summed E-state index contributed by atoms with van der Waals surface area (Å²) in [6.07, 6.45) is -7.59. The van der Waals surface area contributed by atoms with E-state index in [1.807, 2.05) is 0 Å². The third kappa shape index (κ3) is 4.75. The van der Waals surface area contributed by atoms with Gasteiger partial charge in [0.15, 0.2) is 6.61 Å². The van der Waals surface area contributed by atoms with Crippen molar-refractivity contribution < 1.29 is 40.6 Å². The molecule has 0 bridgehead atoms. The third-order valence-corrected chi connectivity index (χ3v) is 1.08. The van der Waals surface area contributed by atoms with Crippen LogP contribution in [-0.2, 0) is 9.47 Å². The number of halogens is 6. The lowest BCUT2D eigenvalue weighted by molar-refractivity contribution is -0.293. The molecule has 9 heteroatoms. The van der Waals surface area contributed by atoms with Gasteiger partial charge in [-0.2, -0.15) is 22.0 Å². The zero-order chi connectivity index (χ0) is 12.1. The summed E-state index contributed by atoms with van der Waals surface area (Å²) in [6, 6.07) is 0. The first-order chi connectivity index (χ1) is 6.70. The molecule has 3 nitrogen and oxygen atoms in total. The van der Waals surface area contributed by atoms with Crippen molar-refractivity contribution in [2.45, 2.75) is 12.1 Å². The fourth-order valence-electron chi connectivity index (χ4n) is 0.395. The Hall–Kier alpha value is -1.15. The molecular weight excluding hydrogens is 234 g/mol. The van der Waals surface area contributed by atoms with Gasteiger partial charge >= 0.3 is 18.3 Å². The second kappa shape index (κ2) is 5.08. The molecule has 0 aromatic carbocycles. The van der Waals surface area contributed by atoms with Crippen LogP contribution in [0.15, 0.2) is 0 Å². The minimum Gasteiger partial charge on any atom is -0.432 e. The quantitative estimate of drug-likeness (QED) is 0.558. The van der Waals surface area contributed by atoms with Crippen LogP contribution in [-0.4, -0.2) is 38.1 Å². The number of hydrogen-bond donors (Lipinski definition) is 0. The highest BCUT2D eigenvalue weighted by Gasteiger charge is 2.58. The summed E-state index contributed by atoms with van der Waals surface area (Å²) < 4.78 is 77.2. The lowest BCUT2D eigenvalue weighted by Gasteiger charge is -2.18. The van der Waals surface area contributed by atoms with E-state index in [1.54, 1.807) is 0 Å². The first-order valence-corrected chi connectivity index (χ1v) is 3.51. The van der Waals surface area contributed by atoms with E-state index in [2.05, 4.69) is 9.47 Å². The maximum atomic E-state index is 12.1. The average molecular weight is 240 g/mol. The first kappa shape index (κ1) is 13.8. The minimum atomic E-state index is -5.81. The predicted molar refractivity (Wildman–Crippen MR) is 34.3 cm³/mol. The molecule has 90 valence electrons. The molecule has 0 atom stereocenters. The Morgan fingerprint density at radius 1 is 1.07 bits per heavy atom. The first-order valence-electron chi connectivity index (χ1n) is 3.51. The van der Waals surface area contributed by atoms with Gasteiger partial charge in [0, 0.05) is 0 Å². The Bertz CT molecular complexity index is 213. The van der Waals surface area contributed by atoms with Gasteiger partial charge in [0.05, 0.1) is 0 Å². The van der Waals surface area contributed by atoms with Crippen LogP contribution < -0.4 is 0 Å². The molecule has 15 heavy (non-hydrogen) atoms. The predicted octanol–water partition coefficient (Wildman–Crippen LogP) is 2.31. The molecule has 0 amide bonds. The molecule has 0 N–H and O–H groups in total. The van der Waals surface area contributed by atoms with E-state index < -0.39 is 38.1 Å². The van der Waals surface area contributed by atoms with E-state index in [9.17, 15) is 31.1 Å². The van der Waals surface area contributed by atoms with Crippen molar-refractivity contribution in [1.82, 2.24) is 0 Å². The van der Waals surface area contributed by atoms with Crippen molar-refractivity contribution >= 4 is 6.16 Å². The van der Waals surface area contributed by atoms with Gasteiger partial charge in [0.2, 0.25) is 0 Å². The van der Waals surface area contributed by atoms with Gasteiger partial charge in [0.1, 0.15) is 13.3 Å². The zero-order valence-electron chi connectivity index (χ0n) is 7.11. The van der Waals surface area contributed by atoms with Crippen LogP contribution in [0.1, 0.15) is 0 Å². The Labute approximate surface area is 79.9 Å². The van der Waals surface area contributed by atoms with Gasteiger partial charge in [-0.3, -0.25) is 0 Å². The number of hydrogen-bond acceptors (Lipinski definition) is 3. The van der Waals surface area contributed by atoms with Gasteiger partial charge in [-0.15, -0.1) is 0 Å². The van der Waals surface area contributed by atoms with E-state index >= 15 is 0 Å². The lowest BCUT2D eigenvalue weighted by Crippen LogP contribution is -2.41. The van der Waals surface area contributed by atoms with E-state index in [4.69, 9.17) is 0 Å². The van der Waals surface area contributed by atoms with E-state index in [-0.39, 0.29) is 0 Å². The largest absolute Gasteiger partial charge is 0.508 e. The maximum Gasteiger partial charge on any atom is 0.508 e. The number of alkyl halides is 6. The zero-order valence-corrected chi connectivity index (χ0v) is 7.11. The molecule has 0 unspecified atom stereocenters. The molecule has 0 rings (SSSR count). The van der Waals surface area contributed by atoms with E-state index in [0.717, 1.165) is 0 Å². The lowest BCUT2D eigenvalue weighted by atomic mass is 10.3. The van der Waals surface area contributed by atoms with Gasteiger partial charge in [-0.25, -0.2) is 9.18 Å². The number of rotatable bonds is 4. The van der Waals surface area contributed by atoms with Crippen molar-refractivity contribution in [3.63, 3.8) is 0 Å². The highest BCUT2D eigenvalue weighted by molar-refractivity contribution is 5.59. The molecule has 0 heterocycles. The average Bonchev–Trinajstić information content (AvgIpc) is 2.09. The number of ether oxygens (including phenoxy) is 2. The van der Waals surface area contributed by atoms with Crippen LogP contribution in [0.2, 0.25) is 0 Å². The summed E-state index contributed by atoms with van der Waals surface area (Å²) in [5.74, 6) is -5.15. The molecule has 0 aliphatic rings. The van der Waals surface area contributed by atoms with Crippen molar-refractivity contribution in [3.05, 3.63) is 0 Å². The van der Waals surface area contributed by atoms with Crippen LogP contribution in [0.4, 0.5) is 31.1 Å². The molecule has 0 fully saturated rings. The Morgan fingerprint density at radius 2 is 1.60 bits per heavy atom. The molecule has 0 aliphatic carbocycles. The standard InChI is InChI=1S/C6H6F6O3/c7-1-2-14-4(13)15-3-5(8,9)6(10,11)12/h1-3H2. The molecule has 0 spiro atoms. The van der Waals surface area contributed by atoms with Crippen LogP contribution in [0.3, 0.4) is 0 Å². The highest BCUT2D eigenvalue weighted by Crippen LogP contribution is 2.35. The second-order valence-electron chi connectivity index (χ2n) is 2.28. The van der Waals surface area contributed by atoms with Gasteiger partial charge in [-0.1, -0.05) is 0 Å². The normalized spacial score (nSPS) is 12.4. The molecule has 0 saturated heterocycles. The summed E-state index contributed by atoms with van der Waals surface area (Å²) in [7, 11) is 0. The monoisotopic (exact) mass is 240 g/mol. The van der Waals surface area contributed by atoms with Gasteiger partial charge < -0.3 is 9.47 Å². The SMILES string of the molecule is O=C(OCCF)OCC(F)(F)C(F)(F)F. The van der Waals surface area contributed by atoms with Crippen LogP contribution >= 0.6 is 0 Å². The summed E-state index contributed by atoms with van der Waals surface area (Å²) in [4.78, 5) is 10.3. The Morgan fingerprint density at radius 3 is 2.00 bits per heavy atom. The van der Waals surface area contributed by atoms with Crippen molar-refractivity contribution in [3.8, 4) is 0 Å². The fourth-order valence-corrected chi connectivity index (χ4v) is 0.395. The smallest absolute Gasteiger partial charge is 0.432 e. The van der Waals surface area contributed by atoms with Crippen molar-refractivity contribution in [2.24, 2.45) is 0 Å². The second-order valence-corrected chi connectivity index (χ2v) is 2.28. The van der Waals surface area contributed by atoms with Gasteiger partial charge in [0.25, 0.3) is 0 Å². The van der Waals surface area contributed by atoms with E-state index in [1.165, 1.54) is 0 Å². The maximum absolute atomic E-state index is 12.1. The molecule has 0 aliphatic heterocycles. The van der Waals surface area contributed by atoms with Crippen LogP contribution in [0, 0.1) is 0 Å². The third-order valence-electron chi connectivity index (χ3n) is 1.08. The molecule has 0 saturated carbocycles. The molecular formula is C6H6F6O3. The summed E-state index contributed by atoms with van der Waals surface area (Å²) in [5.41, 5.74) is 0. The van der Waals surface area contributed by atoms with Crippen LogP contribution in [0.25, 0.3) is 0 Å². The Kier molecular flexibility index (Phi) is 4.69. The molecule has 0 radical (unpaired) electrons. The number of carbonyl (C=O) groups is 1. The number of carbonyl (C=O) groups excluding carboxylic acids is 1. The summed E-state index contributed by atoms with van der Waals surface area (Å²) in [5, 5.41) is 0. The molecule has 0 aromatic rings. The fraction of sp³-hybridized carbons (Fsp3) is 0.833. The Balaban J connectivity index is 3.99. The minimum absolute atomic E-state index is 0.767.